The van der Waals surface area contributed by atoms with Gasteiger partial charge in [-0.2, -0.15) is 0 Å². The largest absolute Gasteiger partial charge is 0.264 e. The molecule has 0 aliphatic rings. The van der Waals surface area contributed by atoms with Crippen molar-refractivity contribution in [2.45, 2.75) is 0 Å². The Hall–Kier alpha value is -5.48. The minimum atomic E-state index is -0.277. The number of hydrogen-bond donors (Lipinski definition) is 0. The van der Waals surface area contributed by atoms with Gasteiger partial charge in [-0.3, -0.25) is 4.98 Å². The average Bonchev–Trinajstić information content (AvgIpc) is 3.04. The smallest absolute Gasteiger partial charge is 0.161 e. The number of nitrogens with zero attached hydrogens (tertiary/aromatic N) is 3. The van der Waals surface area contributed by atoms with Crippen LogP contribution in [0.1, 0.15) is 0 Å². The Balaban J connectivity index is 1.34. The van der Waals surface area contributed by atoms with E-state index in [2.05, 4.69) is 83.8 Å². The van der Waals surface area contributed by atoms with E-state index in [1.807, 2.05) is 24.4 Å². The first-order valence-electron chi connectivity index (χ1n) is 13.5. The zero-order chi connectivity index (χ0) is 27.3. The van der Waals surface area contributed by atoms with Crippen LogP contribution >= 0.6 is 0 Å². The van der Waals surface area contributed by atoms with E-state index >= 15 is 0 Å². The van der Waals surface area contributed by atoms with Crippen LogP contribution in [0.25, 0.3) is 77.3 Å². The van der Waals surface area contributed by atoms with Crippen LogP contribution in [0.3, 0.4) is 0 Å². The molecule has 41 heavy (non-hydrogen) atoms. The Labute approximate surface area is 236 Å². The highest BCUT2D eigenvalue weighted by Crippen LogP contribution is 2.39. The fourth-order valence-corrected chi connectivity index (χ4v) is 5.78. The summed E-state index contributed by atoms with van der Waals surface area (Å²) >= 11 is 0. The molecule has 8 rings (SSSR count). The van der Waals surface area contributed by atoms with E-state index in [9.17, 15) is 4.39 Å². The van der Waals surface area contributed by atoms with Crippen LogP contribution in [-0.4, -0.2) is 15.0 Å². The predicted molar refractivity (Wildman–Crippen MR) is 165 cm³/mol. The molecule has 0 aliphatic heterocycles. The summed E-state index contributed by atoms with van der Waals surface area (Å²) in [4.78, 5) is 14.4. The second-order valence-corrected chi connectivity index (χ2v) is 10.3. The van der Waals surface area contributed by atoms with Crippen LogP contribution in [0.15, 0.2) is 134 Å². The van der Waals surface area contributed by atoms with Gasteiger partial charge in [-0.1, -0.05) is 78.9 Å². The van der Waals surface area contributed by atoms with Crippen LogP contribution in [0.4, 0.5) is 4.39 Å². The third-order valence-corrected chi connectivity index (χ3v) is 7.81. The van der Waals surface area contributed by atoms with Gasteiger partial charge in [0.25, 0.3) is 0 Å². The summed E-state index contributed by atoms with van der Waals surface area (Å²) in [5.74, 6) is 0.358. The Morgan fingerprint density at radius 2 is 1.10 bits per heavy atom. The van der Waals surface area contributed by atoms with Gasteiger partial charge in [0.1, 0.15) is 5.82 Å². The number of hydrogen-bond acceptors (Lipinski definition) is 3. The van der Waals surface area contributed by atoms with Crippen molar-refractivity contribution in [1.29, 1.82) is 0 Å². The van der Waals surface area contributed by atoms with Crippen molar-refractivity contribution >= 4 is 32.3 Å². The summed E-state index contributed by atoms with van der Waals surface area (Å²) in [5.41, 5.74) is 6.46. The lowest BCUT2D eigenvalue weighted by Crippen LogP contribution is -1.97. The molecule has 0 radical (unpaired) electrons. The van der Waals surface area contributed by atoms with E-state index in [-0.39, 0.29) is 5.82 Å². The highest BCUT2D eigenvalue weighted by molar-refractivity contribution is 6.25. The molecule has 0 amide bonds. The quantitative estimate of drug-likeness (QED) is 0.214. The molecule has 0 saturated heterocycles. The van der Waals surface area contributed by atoms with Gasteiger partial charge < -0.3 is 0 Å². The van der Waals surface area contributed by atoms with Crippen molar-refractivity contribution in [3.8, 4) is 45.0 Å². The van der Waals surface area contributed by atoms with Crippen molar-refractivity contribution < 1.29 is 4.39 Å². The lowest BCUT2D eigenvalue weighted by Gasteiger charge is -2.15. The summed E-state index contributed by atoms with van der Waals surface area (Å²) in [5, 5.41) is 7.21. The molecule has 2 heterocycles. The van der Waals surface area contributed by atoms with Crippen LogP contribution < -0.4 is 0 Å². The van der Waals surface area contributed by atoms with E-state index in [1.54, 1.807) is 18.3 Å². The maximum atomic E-state index is 13.8. The normalized spacial score (nSPS) is 11.5. The molecular weight excluding hydrogens is 505 g/mol. The Kier molecular flexibility index (Phi) is 5.32. The highest BCUT2D eigenvalue weighted by atomic mass is 19.1. The first kappa shape index (κ1) is 23.4. The maximum absolute atomic E-state index is 13.8. The molecule has 6 aromatic carbocycles. The van der Waals surface area contributed by atoms with Crippen LogP contribution in [-0.2, 0) is 0 Å². The molecule has 192 valence electrons. The predicted octanol–water partition coefficient (Wildman–Crippen LogP) is 9.58. The number of benzene rings is 6. The number of halogens is 1. The number of rotatable bonds is 4. The van der Waals surface area contributed by atoms with E-state index in [1.165, 1.54) is 39.1 Å². The number of aromatic nitrogens is 3. The highest BCUT2D eigenvalue weighted by Gasteiger charge is 2.16. The zero-order valence-corrected chi connectivity index (χ0v) is 21.9. The van der Waals surface area contributed by atoms with Crippen LogP contribution in [0.2, 0.25) is 0 Å². The fourth-order valence-electron chi connectivity index (χ4n) is 5.78. The molecule has 3 nitrogen and oxygen atoms in total. The van der Waals surface area contributed by atoms with Gasteiger partial charge in [-0.05, 0) is 85.9 Å². The molecule has 0 saturated carbocycles. The van der Waals surface area contributed by atoms with E-state index in [0.29, 0.717) is 5.82 Å². The molecule has 0 fully saturated rings. The number of pyridine rings is 1. The van der Waals surface area contributed by atoms with Gasteiger partial charge in [-0.25, -0.2) is 14.4 Å². The third-order valence-electron chi connectivity index (χ3n) is 7.81. The molecule has 0 unspecified atom stereocenters. The van der Waals surface area contributed by atoms with Crippen molar-refractivity contribution in [2.75, 3.05) is 0 Å². The SMILES string of the molecule is Fc1ccc(-c2cc(-c3ccc(-c4cccnc4)cc3)nc(-c3ccc4ccc5cccc6ccc3c4c56)n2)cc1. The van der Waals surface area contributed by atoms with Crippen molar-refractivity contribution in [2.24, 2.45) is 0 Å². The zero-order valence-electron chi connectivity index (χ0n) is 21.9. The second-order valence-electron chi connectivity index (χ2n) is 10.3. The fraction of sp³-hybridized carbons (Fsp3) is 0. The van der Waals surface area contributed by atoms with Gasteiger partial charge in [-0.15, -0.1) is 0 Å². The van der Waals surface area contributed by atoms with Gasteiger partial charge in [0.15, 0.2) is 5.82 Å². The standard InChI is InChI=1S/C37H22FN3/c38-30-16-12-25(13-17-30)34-21-33(24-8-6-23(7-9-24)29-5-2-20-39-22-29)40-37(41-34)32-19-15-28-11-10-26-3-1-4-27-14-18-31(32)36(28)35(26)27/h1-22H. The van der Waals surface area contributed by atoms with Gasteiger partial charge in [0, 0.05) is 29.1 Å². The minimum Gasteiger partial charge on any atom is -0.264 e. The summed E-state index contributed by atoms with van der Waals surface area (Å²) < 4.78 is 13.8. The lowest BCUT2D eigenvalue weighted by atomic mass is 9.91. The molecule has 0 spiro atoms. The van der Waals surface area contributed by atoms with E-state index in [4.69, 9.17) is 9.97 Å². The van der Waals surface area contributed by atoms with E-state index < -0.39 is 0 Å². The summed E-state index contributed by atoms with van der Waals surface area (Å²) in [7, 11) is 0. The Morgan fingerprint density at radius 1 is 0.488 bits per heavy atom. The molecule has 4 heteroatoms. The van der Waals surface area contributed by atoms with Gasteiger partial charge >= 0.3 is 0 Å². The molecular formula is C37H22FN3. The van der Waals surface area contributed by atoms with Gasteiger partial charge in [0.05, 0.1) is 11.4 Å². The molecule has 0 atom stereocenters. The molecule has 0 bridgehead atoms. The second kappa shape index (κ2) is 9.32. The van der Waals surface area contributed by atoms with Crippen molar-refractivity contribution in [1.82, 2.24) is 15.0 Å². The maximum Gasteiger partial charge on any atom is 0.161 e. The van der Waals surface area contributed by atoms with Crippen LogP contribution in [0.5, 0.6) is 0 Å². The molecule has 2 aromatic heterocycles. The lowest BCUT2D eigenvalue weighted by molar-refractivity contribution is 0.628. The monoisotopic (exact) mass is 527 g/mol. The molecule has 8 aromatic rings. The van der Waals surface area contributed by atoms with Crippen molar-refractivity contribution in [3.63, 3.8) is 0 Å². The third kappa shape index (κ3) is 4.00. The minimum absolute atomic E-state index is 0.277. The molecule has 0 N–H and O–H groups in total. The van der Waals surface area contributed by atoms with Gasteiger partial charge in [0.2, 0.25) is 0 Å². The summed E-state index contributed by atoms with van der Waals surface area (Å²) in [6.45, 7) is 0. The Morgan fingerprint density at radius 3 is 1.78 bits per heavy atom. The molecule has 0 aliphatic carbocycles. The van der Waals surface area contributed by atoms with E-state index in [0.717, 1.165) is 44.6 Å². The van der Waals surface area contributed by atoms with Crippen LogP contribution in [0, 0.1) is 5.82 Å². The first-order valence-corrected chi connectivity index (χ1v) is 13.5. The van der Waals surface area contributed by atoms with Crippen molar-refractivity contribution in [3.05, 3.63) is 140 Å². The summed E-state index contributed by atoms with van der Waals surface area (Å²) in [6, 6.07) is 40.1. The first-order chi connectivity index (χ1) is 20.2. The summed E-state index contributed by atoms with van der Waals surface area (Å²) in [6.07, 6.45) is 3.63. The topological polar surface area (TPSA) is 38.7 Å². The Bertz CT molecular complexity index is 2170. The average molecular weight is 528 g/mol.